The van der Waals surface area contributed by atoms with Crippen molar-refractivity contribution in [2.24, 2.45) is 0 Å². The number of ether oxygens (including phenoxy) is 1. The lowest BCUT2D eigenvalue weighted by molar-refractivity contribution is -0.149. The van der Waals surface area contributed by atoms with Gasteiger partial charge in [0.1, 0.15) is 6.04 Å². The largest absolute Gasteiger partial charge is 0.464 e. The van der Waals surface area contributed by atoms with Gasteiger partial charge in [0.15, 0.2) is 0 Å². The molecule has 24 heavy (non-hydrogen) atoms. The molecule has 0 unspecified atom stereocenters. The summed E-state index contributed by atoms with van der Waals surface area (Å²) in [6.07, 6.45) is 5.81. The minimum Gasteiger partial charge on any atom is -0.464 e. The number of esters is 1. The Morgan fingerprint density at radius 2 is 2.04 bits per heavy atom. The standard InChI is InChI=1S/C17H20N4O3/c1-2-24-17(23)15-5-3-4-11-20(15)16(22)13-6-8-14(9-7-13)21-12-10-18-19-21/h6-10,12,15H,2-5,11H2,1H3/t15-/m1/s1. The zero-order chi connectivity index (χ0) is 16.9. The van der Waals surface area contributed by atoms with Crippen molar-refractivity contribution in [2.75, 3.05) is 13.2 Å². The van der Waals surface area contributed by atoms with E-state index in [1.165, 1.54) is 0 Å². The number of likely N-dealkylation sites (tertiary alicyclic amines) is 1. The fraction of sp³-hybridized carbons (Fsp3) is 0.412. The molecule has 1 fully saturated rings. The predicted molar refractivity (Wildman–Crippen MR) is 86.7 cm³/mol. The van der Waals surface area contributed by atoms with Gasteiger partial charge in [-0.15, -0.1) is 5.10 Å². The van der Waals surface area contributed by atoms with Gasteiger partial charge in [0.25, 0.3) is 5.91 Å². The first-order valence-corrected chi connectivity index (χ1v) is 8.15. The van der Waals surface area contributed by atoms with Gasteiger partial charge in [-0.3, -0.25) is 4.79 Å². The molecule has 0 N–H and O–H groups in total. The van der Waals surface area contributed by atoms with Gasteiger partial charge in [-0.25, -0.2) is 9.48 Å². The monoisotopic (exact) mass is 328 g/mol. The highest BCUT2D eigenvalue weighted by Crippen LogP contribution is 2.21. The normalized spacial score (nSPS) is 17.5. The van der Waals surface area contributed by atoms with Crippen LogP contribution in [0.3, 0.4) is 0 Å². The minimum atomic E-state index is -0.485. The highest BCUT2D eigenvalue weighted by molar-refractivity contribution is 5.97. The first-order chi connectivity index (χ1) is 11.7. The number of nitrogens with zero attached hydrogens (tertiary/aromatic N) is 4. The molecule has 0 spiro atoms. The van der Waals surface area contributed by atoms with E-state index < -0.39 is 6.04 Å². The molecular formula is C17H20N4O3. The molecule has 0 bridgehead atoms. The molecule has 2 heterocycles. The Balaban J connectivity index is 1.77. The van der Waals surface area contributed by atoms with Crippen LogP contribution in [0.4, 0.5) is 0 Å². The Morgan fingerprint density at radius 3 is 2.71 bits per heavy atom. The molecule has 1 aliphatic heterocycles. The summed E-state index contributed by atoms with van der Waals surface area (Å²) in [6, 6.07) is 6.63. The molecular weight excluding hydrogens is 308 g/mol. The molecule has 1 amide bonds. The van der Waals surface area contributed by atoms with Crippen molar-refractivity contribution in [3.8, 4) is 5.69 Å². The molecule has 7 heteroatoms. The number of piperidine rings is 1. The van der Waals surface area contributed by atoms with Crippen LogP contribution in [0.15, 0.2) is 36.7 Å². The van der Waals surface area contributed by atoms with E-state index in [-0.39, 0.29) is 11.9 Å². The van der Waals surface area contributed by atoms with E-state index in [1.54, 1.807) is 41.0 Å². The van der Waals surface area contributed by atoms with Crippen LogP contribution in [0.1, 0.15) is 36.5 Å². The Kier molecular flexibility index (Phi) is 4.88. The van der Waals surface area contributed by atoms with Crippen molar-refractivity contribution in [2.45, 2.75) is 32.2 Å². The van der Waals surface area contributed by atoms with Gasteiger partial charge in [0.05, 0.1) is 24.7 Å². The van der Waals surface area contributed by atoms with Crippen LogP contribution in [0, 0.1) is 0 Å². The van der Waals surface area contributed by atoms with Gasteiger partial charge >= 0.3 is 5.97 Å². The van der Waals surface area contributed by atoms with Crippen molar-refractivity contribution >= 4 is 11.9 Å². The number of rotatable bonds is 4. The van der Waals surface area contributed by atoms with Gasteiger partial charge in [-0.2, -0.15) is 0 Å². The summed E-state index contributed by atoms with van der Waals surface area (Å²) in [4.78, 5) is 26.6. The second-order valence-electron chi connectivity index (χ2n) is 5.66. The van der Waals surface area contributed by atoms with E-state index in [9.17, 15) is 9.59 Å². The number of aromatic nitrogens is 3. The summed E-state index contributed by atoms with van der Waals surface area (Å²) in [7, 11) is 0. The SMILES string of the molecule is CCOC(=O)[C@H]1CCCCN1C(=O)c1ccc(-n2ccnn2)cc1. The number of benzene rings is 1. The Labute approximate surface area is 140 Å². The second kappa shape index (κ2) is 7.25. The predicted octanol–water partition coefficient (Wildman–Crippen LogP) is 1.83. The first-order valence-electron chi connectivity index (χ1n) is 8.15. The van der Waals surface area contributed by atoms with E-state index in [0.717, 1.165) is 18.5 Å². The average molecular weight is 328 g/mol. The molecule has 1 aliphatic rings. The van der Waals surface area contributed by atoms with Crippen LogP contribution in [-0.4, -0.2) is 51.0 Å². The zero-order valence-electron chi connectivity index (χ0n) is 13.6. The van der Waals surface area contributed by atoms with E-state index in [1.807, 2.05) is 12.1 Å². The molecule has 1 atom stereocenters. The van der Waals surface area contributed by atoms with E-state index >= 15 is 0 Å². The maximum atomic E-state index is 12.8. The van der Waals surface area contributed by atoms with Crippen LogP contribution in [0.5, 0.6) is 0 Å². The van der Waals surface area contributed by atoms with E-state index in [2.05, 4.69) is 10.3 Å². The summed E-state index contributed by atoms with van der Waals surface area (Å²) in [5.41, 5.74) is 1.37. The van der Waals surface area contributed by atoms with Crippen molar-refractivity contribution in [1.82, 2.24) is 19.9 Å². The first kappa shape index (κ1) is 16.2. The molecule has 2 aromatic rings. The molecule has 1 aromatic heterocycles. The molecule has 3 rings (SSSR count). The smallest absolute Gasteiger partial charge is 0.328 e. The summed E-state index contributed by atoms with van der Waals surface area (Å²) in [5, 5.41) is 7.68. The quantitative estimate of drug-likeness (QED) is 0.800. The van der Waals surface area contributed by atoms with E-state index in [0.29, 0.717) is 25.1 Å². The summed E-state index contributed by atoms with van der Waals surface area (Å²) < 4.78 is 6.74. The third-order valence-electron chi connectivity index (χ3n) is 4.12. The summed E-state index contributed by atoms with van der Waals surface area (Å²) >= 11 is 0. The van der Waals surface area contributed by atoms with Crippen molar-refractivity contribution in [1.29, 1.82) is 0 Å². The lowest BCUT2D eigenvalue weighted by atomic mass is 10.0. The van der Waals surface area contributed by atoms with Gasteiger partial charge < -0.3 is 9.64 Å². The highest BCUT2D eigenvalue weighted by atomic mass is 16.5. The Morgan fingerprint density at radius 1 is 1.25 bits per heavy atom. The van der Waals surface area contributed by atoms with E-state index in [4.69, 9.17) is 4.74 Å². The summed E-state index contributed by atoms with van der Waals surface area (Å²) in [6.45, 7) is 2.67. The lowest BCUT2D eigenvalue weighted by Gasteiger charge is -2.34. The van der Waals surface area contributed by atoms with Crippen LogP contribution in [0.25, 0.3) is 5.69 Å². The molecule has 126 valence electrons. The fourth-order valence-corrected chi connectivity index (χ4v) is 2.93. The maximum Gasteiger partial charge on any atom is 0.328 e. The number of hydrogen-bond acceptors (Lipinski definition) is 5. The molecule has 1 aromatic carbocycles. The van der Waals surface area contributed by atoms with Crippen LogP contribution in [-0.2, 0) is 9.53 Å². The van der Waals surface area contributed by atoms with Crippen molar-refractivity contribution < 1.29 is 14.3 Å². The third-order valence-corrected chi connectivity index (χ3v) is 4.12. The maximum absolute atomic E-state index is 12.8. The molecule has 0 saturated carbocycles. The topological polar surface area (TPSA) is 77.3 Å². The second-order valence-corrected chi connectivity index (χ2v) is 5.66. The third kappa shape index (κ3) is 3.29. The van der Waals surface area contributed by atoms with Crippen LogP contribution >= 0.6 is 0 Å². The fourth-order valence-electron chi connectivity index (χ4n) is 2.93. The number of amides is 1. The van der Waals surface area contributed by atoms with Gasteiger partial charge in [0.2, 0.25) is 0 Å². The Hall–Kier alpha value is -2.70. The Bertz CT molecular complexity index is 697. The van der Waals surface area contributed by atoms with Crippen LogP contribution in [0.2, 0.25) is 0 Å². The number of hydrogen-bond donors (Lipinski definition) is 0. The van der Waals surface area contributed by atoms with Crippen molar-refractivity contribution in [3.05, 3.63) is 42.2 Å². The molecule has 0 radical (unpaired) electrons. The average Bonchev–Trinajstić information content (AvgIpc) is 3.16. The minimum absolute atomic E-state index is 0.141. The highest BCUT2D eigenvalue weighted by Gasteiger charge is 2.33. The zero-order valence-corrected chi connectivity index (χ0v) is 13.6. The van der Waals surface area contributed by atoms with Gasteiger partial charge in [-0.1, -0.05) is 5.21 Å². The number of carbonyl (C=O) groups excluding carboxylic acids is 2. The summed E-state index contributed by atoms with van der Waals surface area (Å²) in [5.74, 6) is -0.456. The molecule has 0 aliphatic carbocycles. The van der Waals surface area contributed by atoms with Gasteiger partial charge in [0, 0.05) is 12.1 Å². The van der Waals surface area contributed by atoms with Crippen molar-refractivity contribution in [3.63, 3.8) is 0 Å². The van der Waals surface area contributed by atoms with Crippen LogP contribution < -0.4 is 0 Å². The molecule has 1 saturated heterocycles. The lowest BCUT2D eigenvalue weighted by Crippen LogP contribution is -2.48. The molecule has 7 nitrogen and oxygen atoms in total. The number of carbonyl (C=O) groups is 2. The van der Waals surface area contributed by atoms with Gasteiger partial charge in [-0.05, 0) is 50.5 Å².